The van der Waals surface area contributed by atoms with E-state index in [9.17, 15) is 9.59 Å². The fourth-order valence-corrected chi connectivity index (χ4v) is 5.24. The van der Waals surface area contributed by atoms with Crippen LogP contribution in [0.1, 0.15) is 56.9 Å². The molecule has 1 aliphatic carbocycles. The maximum Gasteiger partial charge on any atom is 0.249 e. The van der Waals surface area contributed by atoms with Crippen LogP contribution in [0.4, 0.5) is 5.69 Å². The Bertz CT molecular complexity index is 812. The van der Waals surface area contributed by atoms with Gasteiger partial charge in [-0.25, -0.2) is 0 Å². The molecule has 3 N–H and O–H groups in total. The molecule has 1 saturated carbocycles. The van der Waals surface area contributed by atoms with Crippen LogP contribution in [0.25, 0.3) is 0 Å². The molecule has 2 heterocycles. The molecule has 8 nitrogen and oxygen atoms in total. The van der Waals surface area contributed by atoms with Crippen LogP contribution >= 0.6 is 0 Å². The van der Waals surface area contributed by atoms with Crippen molar-refractivity contribution in [2.24, 2.45) is 5.92 Å². The van der Waals surface area contributed by atoms with Gasteiger partial charge < -0.3 is 14.9 Å². The second kappa shape index (κ2) is 11.8. The lowest BCUT2D eigenvalue weighted by molar-refractivity contribution is -0.133. The summed E-state index contributed by atoms with van der Waals surface area (Å²) >= 11 is 0. The molecule has 3 fully saturated rings. The van der Waals surface area contributed by atoms with Gasteiger partial charge in [0, 0.05) is 33.1 Å². The molecule has 33 heavy (non-hydrogen) atoms. The van der Waals surface area contributed by atoms with Crippen molar-refractivity contribution in [3.05, 3.63) is 23.8 Å². The van der Waals surface area contributed by atoms with E-state index < -0.39 is 6.04 Å². The minimum absolute atomic E-state index is 0.220. The summed E-state index contributed by atoms with van der Waals surface area (Å²) in [7, 11) is 1.71. The summed E-state index contributed by atoms with van der Waals surface area (Å²) in [5.41, 5.74) is 4.63. The number of hydroxylamine groups is 1. The number of benzene rings is 1. The van der Waals surface area contributed by atoms with Gasteiger partial charge in [-0.2, -0.15) is 5.48 Å². The van der Waals surface area contributed by atoms with Gasteiger partial charge in [-0.15, -0.1) is 0 Å². The van der Waals surface area contributed by atoms with Crippen molar-refractivity contribution >= 4 is 17.5 Å². The van der Waals surface area contributed by atoms with Crippen LogP contribution in [0, 0.1) is 5.92 Å². The number of morpholine rings is 1. The van der Waals surface area contributed by atoms with E-state index in [4.69, 9.17) is 9.57 Å². The number of amides is 2. The van der Waals surface area contributed by atoms with Crippen LogP contribution in [-0.2, 0) is 20.7 Å². The van der Waals surface area contributed by atoms with E-state index in [2.05, 4.69) is 27.1 Å². The lowest BCUT2D eigenvalue weighted by Gasteiger charge is -2.36. The van der Waals surface area contributed by atoms with Crippen LogP contribution < -0.4 is 21.0 Å². The Labute approximate surface area is 196 Å². The number of carbonyl (C=O) groups is 2. The second-order valence-corrected chi connectivity index (χ2v) is 9.58. The van der Waals surface area contributed by atoms with E-state index in [0.717, 1.165) is 44.1 Å². The monoisotopic (exact) mass is 458 g/mol. The van der Waals surface area contributed by atoms with Crippen molar-refractivity contribution in [2.75, 3.05) is 38.6 Å². The third-order valence-corrected chi connectivity index (χ3v) is 7.05. The average molecular weight is 459 g/mol. The number of anilines is 1. The third kappa shape index (κ3) is 6.91. The van der Waals surface area contributed by atoms with Gasteiger partial charge in [-0.3, -0.25) is 19.8 Å². The SMILES string of the molecule is CNOc1cc(CCC2CN(CC3CCCCC3)CCO2)ccc1NC1CCC(=O)NC1=O. The largest absolute Gasteiger partial charge is 0.407 e. The smallest absolute Gasteiger partial charge is 0.249 e. The predicted molar refractivity (Wildman–Crippen MR) is 127 cm³/mol. The van der Waals surface area contributed by atoms with Gasteiger partial charge in [-0.1, -0.05) is 25.3 Å². The Morgan fingerprint density at radius 1 is 1.18 bits per heavy atom. The predicted octanol–water partition coefficient (Wildman–Crippen LogP) is 2.63. The maximum atomic E-state index is 12.1. The normalized spacial score (nSPS) is 25.0. The summed E-state index contributed by atoms with van der Waals surface area (Å²) in [5.74, 6) is 0.992. The first kappa shape index (κ1) is 24.0. The van der Waals surface area contributed by atoms with E-state index in [-0.39, 0.29) is 17.9 Å². The number of nitrogens with one attached hydrogen (secondary N) is 3. The van der Waals surface area contributed by atoms with E-state index in [1.54, 1.807) is 7.05 Å². The van der Waals surface area contributed by atoms with E-state index in [1.807, 2.05) is 12.1 Å². The Morgan fingerprint density at radius 3 is 2.82 bits per heavy atom. The molecule has 4 rings (SSSR count). The number of aryl methyl sites for hydroxylation is 1. The highest BCUT2D eigenvalue weighted by atomic mass is 16.6. The highest BCUT2D eigenvalue weighted by Crippen LogP contribution is 2.29. The van der Waals surface area contributed by atoms with Crippen molar-refractivity contribution in [3.63, 3.8) is 0 Å². The molecular weight excluding hydrogens is 420 g/mol. The van der Waals surface area contributed by atoms with Crippen LogP contribution in [0.15, 0.2) is 18.2 Å². The minimum Gasteiger partial charge on any atom is -0.407 e. The molecule has 2 amide bonds. The number of hydrogen-bond acceptors (Lipinski definition) is 7. The van der Waals surface area contributed by atoms with Crippen LogP contribution in [-0.4, -0.2) is 62.1 Å². The lowest BCUT2D eigenvalue weighted by atomic mass is 9.89. The summed E-state index contributed by atoms with van der Waals surface area (Å²) in [6, 6.07) is 5.58. The molecule has 2 unspecified atom stereocenters. The van der Waals surface area contributed by atoms with Crippen molar-refractivity contribution in [3.8, 4) is 5.75 Å². The first-order valence-corrected chi connectivity index (χ1v) is 12.5. The summed E-state index contributed by atoms with van der Waals surface area (Å²) in [6.45, 7) is 4.11. The van der Waals surface area contributed by atoms with Crippen molar-refractivity contribution in [1.82, 2.24) is 15.7 Å². The number of nitrogens with zero attached hydrogens (tertiary/aromatic N) is 1. The molecule has 1 aromatic carbocycles. The average Bonchev–Trinajstić information content (AvgIpc) is 2.82. The first-order valence-electron chi connectivity index (χ1n) is 12.5. The molecular formula is C25H38N4O4. The van der Waals surface area contributed by atoms with Crippen LogP contribution in [0.5, 0.6) is 5.75 Å². The lowest BCUT2D eigenvalue weighted by Crippen LogP contribution is -2.47. The third-order valence-electron chi connectivity index (χ3n) is 7.05. The van der Waals surface area contributed by atoms with Gasteiger partial charge in [0.2, 0.25) is 11.8 Å². The van der Waals surface area contributed by atoms with Crippen molar-refractivity contribution < 1.29 is 19.2 Å². The molecule has 2 atom stereocenters. The Hall–Kier alpha value is -2.16. The van der Waals surface area contributed by atoms with Crippen LogP contribution in [0.2, 0.25) is 0 Å². The molecule has 0 spiro atoms. The standard InChI is InChI=1S/C25H38N4O4/c1-26-33-23-15-18(8-10-21(23)27-22-11-12-24(30)28-25(22)31)7-9-20-17-29(13-14-32-20)16-19-5-3-2-4-6-19/h8,10,15,19-20,22,26-27H,2-7,9,11-14,16-17H2,1H3,(H,28,30,31). The molecule has 0 bridgehead atoms. The molecule has 8 heteroatoms. The van der Waals surface area contributed by atoms with Gasteiger partial charge in [0.25, 0.3) is 0 Å². The summed E-state index contributed by atoms with van der Waals surface area (Å²) < 4.78 is 6.07. The highest BCUT2D eigenvalue weighted by molar-refractivity contribution is 6.01. The molecule has 2 saturated heterocycles. The summed E-state index contributed by atoms with van der Waals surface area (Å²) in [6.07, 6.45) is 9.91. The zero-order valence-electron chi connectivity index (χ0n) is 19.7. The number of hydrogen-bond donors (Lipinski definition) is 3. The molecule has 3 aliphatic rings. The topological polar surface area (TPSA) is 91.9 Å². The molecule has 2 aliphatic heterocycles. The van der Waals surface area contributed by atoms with Crippen molar-refractivity contribution in [1.29, 1.82) is 0 Å². The number of imide groups is 1. The minimum atomic E-state index is -0.446. The maximum absolute atomic E-state index is 12.1. The van der Waals surface area contributed by atoms with Crippen molar-refractivity contribution in [2.45, 2.75) is 69.9 Å². The fourth-order valence-electron chi connectivity index (χ4n) is 5.24. The quantitative estimate of drug-likeness (QED) is 0.387. The number of piperidine rings is 1. The van der Waals surface area contributed by atoms with Gasteiger partial charge in [0.1, 0.15) is 6.04 Å². The number of ether oxygens (including phenoxy) is 1. The molecule has 1 aromatic rings. The van der Waals surface area contributed by atoms with E-state index in [0.29, 0.717) is 18.6 Å². The summed E-state index contributed by atoms with van der Waals surface area (Å²) in [4.78, 5) is 31.7. The molecule has 0 radical (unpaired) electrons. The van der Waals surface area contributed by atoms with Gasteiger partial charge in [0.05, 0.1) is 18.4 Å². The van der Waals surface area contributed by atoms with Crippen LogP contribution in [0.3, 0.4) is 0 Å². The molecule has 0 aromatic heterocycles. The fraction of sp³-hybridized carbons (Fsp3) is 0.680. The van der Waals surface area contributed by atoms with Gasteiger partial charge >= 0.3 is 0 Å². The Kier molecular flexibility index (Phi) is 8.58. The van der Waals surface area contributed by atoms with Gasteiger partial charge in [0.15, 0.2) is 5.75 Å². The second-order valence-electron chi connectivity index (χ2n) is 9.58. The highest BCUT2D eigenvalue weighted by Gasteiger charge is 2.27. The zero-order valence-corrected chi connectivity index (χ0v) is 19.7. The number of carbonyl (C=O) groups excluding carboxylic acids is 2. The van der Waals surface area contributed by atoms with Gasteiger partial charge in [-0.05, 0) is 55.7 Å². The Balaban J connectivity index is 1.30. The first-order chi connectivity index (χ1) is 16.1. The molecule has 182 valence electrons. The van der Waals surface area contributed by atoms with E-state index >= 15 is 0 Å². The zero-order chi connectivity index (χ0) is 23.0. The number of rotatable bonds is 9. The summed E-state index contributed by atoms with van der Waals surface area (Å²) in [5, 5.41) is 5.60. The Morgan fingerprint density at radius 2 is 2.03 bits per heavy atom. The van der Waals surface area contributed by atoms with E-state index in [1.165, 1.54) is 44.2 Å².